The lowest BCUT2D eigenvalue weighted by molar-refractivity contribution is -0.143. The van der Waals surface area contributed by atoms with Gasteiger partial charge in [0.25, 0.3) is 0 Å². The van der Waals surface area contributed by atoms with Crippen LogP contribution in [0, 0.1) is 0 Å². The lowest BCUT2D eigenvalue weighted by Gasteiger charge is -2.51. The highest BCUT2D eigenvalue weighted by Gasteiger charge is 2.60. The summed E-state index contributed by atoms with van der Waals surface area (Å²) in [6, 6.07) is 22.0. The van der Waals surface area contributed by atoms with E-state index in [0.29, 0.717) is 87.3 Å². The van der Waals surface area contributed by atoms with Gasteiger partial charge in [-0.25, -0.2) is 0 Å². The number of nitrogens with zero attached hydrogens (tertiary/aromatic N) is 5. The number of hydrogen-bond donors (Lipinski definition) is 1. The molecule has 3 aromatic rings. The van der Waals surface area contributed by atoms with E-state index in [9.17, 15) is 9.90 Å². The van der Waals surface area contributed by atoms with Gasteiger partial charge in [0.1, 0.15) is 17.1 Å². The maximum absolute atomic E-state index is 13.1. The topological polar surface area (TPSA) is 81.1 Å². The number of rotatable bonds is 9. The first-order valence-electron chi connectivity index (χ1n) is 17.9. The Hall–Kier alpha value is -3.18. The van der Waals surface area contributed by atoms with Crippen molar-refractivity contribution < 1.29 is 19.4 Å². The normalized spacial score (nSPS) is 24.1. The van der Waals surface area contributed by atoms with Gasteiger partial charge in [-0.15, -0.1) is 0 Å². The SMILES string of the molecule is CCOc1cc(C(C)(C)C)ccc1C1=N[C@@](C)(c2ccc(Cl)cc2)[C@@](C)(c2ccc(Cl)cc2)N1C(O)N1CCN(CC(=O)N2CCOCC2)CC1. The smallest absolute Gasteiger partial charge is 0.236 e. The van der Waals surface area contributed by atoms with Crippen molar-refractivity contribution in [2.24, 2.45) is 4.99 Å². The molecule has 3 aliphatic heterocycles. The molecule has 3 aliphatic rings. The van der Waals surface area contributed by atoms with Crippen LogP contribution in [0.1, 0.15) is 63.8 Å². The van der Waals surface area contributed by atoms with E-state index >= 15 is 0 Å². The number of benzene rings is 3. The van der Waals surface area contributed by atoms with Crippen molar-refractivity contribution in [2.75, 3.05) is 65.6 Å². The summed E-state index contributed by atoms with van der Waals surface area (Å²) in [6.07, 6.45) is -1.06. The van der Waals surface area contributed by atoms with Gasteiger partial charge in [-0.1, -0.05) is 74.3 Å². The second-order valence-corrected chi connectivity index (χ2v) is 15.9. The van der Waals surface area contributed by atoms with Crippen LogP contribution in [0.5, 0.6) is 5.75 Å². The van der Waals surface area contributed by atoms with Gasteiger partial charge in [0.05, 0.1) is 37.5 Å². The third-order valence-electron chi connectivity index (χ3n) is 10.9. The molecule has 3 atom stereocenters. The van der Waals surface area contributed by atoms with Gasteiger partial charge >= 0.3 is 0 Å². The monoisotopic (exact) mass is 735 g/mol. The molecule has 3 aromatic carbocycles. The molecule has 274 valence electrons. The number of carbonyl (C=O) groups excluding carboxylic acids is 1. The van der Waals surface area contributed by atoms with Crippen molar-refractivity contribution in [3.63, 3.8) is 0 Å². The van der Waals surface area contributed by atoms with Crippen LogP contribution in [0.4, 0.5) is 0 Å². The Labute approximate surface area is 312 Å². The largest absolute Gasteiger partial charge is 0.493 e. The van der Waals surface area contributed by atoms with Crippen molar-refractivity contribution >= 4 is 34.9 Å². The molecule has 0 spiro atoms. The van der Waals surface area contributed by atoms with Crippen LogP contribution in [0.2, 0.25) is 10.0 Å². The van der Waals surface area contributed by atoms with Gasteiger partial charge in [0.2, 0.25) is 5.91 Å². The van der Waals surface area contributed by atoms with Crippen molar-refractivity contribution in [3.8, 4) is 5.75 Å². The van der Waals surface area contributed by atoms with Gasteiger partial charge in [-0.05, 0) is 79.3 Å². The highest BCUT2D eigenvalue weighted by Crippen LogP contribution is 2.54. The average molecular weight is 737 g/mol. The fourth-order valence-electron chi connectivity index (χ4n) is 7.53. The van der Waals surface area contributed by atoms with Crippen molar-refractivity contribution in [2.45, 2.75) is 64.4 Å². The summed E-state index contributed by atoms with van der Waals surface area (Å²) in [5.41, 5.74) is 1.95. The van der Waals surface area contributed by atoms with E-state index in [-0.39, 0.29) is 11.3 Å². The Kier molecular flexibility index (Phi) is 11.1. The van der Waals surface area contributed by atoms with Gasteiger partial charge in [0, 0.05) is 49.3 Å². The second-order valence-electron chi connectivity index (χ2n) is 15.0. The third kappa shape index (κ3) is 7.39. The standard InChI is InChI=1S/C40H51Cl2N5O4/c1-7-51-34-26-30(38(2,3)4)12-17-33(34)36-43-39(5,28-8-13-31(41)14-9-28)40(6,29-10-15-32(42)16-11-29)47(36)37(49)46-20-18-44(19-21-46)27-35(48)45-22-24-50-25-23-45/h8-17,26,37,49H,7,18-25,27H2,1-6H3/t37?,39-,40+/m0/s1. The van der Waals surface area contributed by atoms with Gasteiger partial charge in [-0.2, -0.15) is 0 Å². The van der Waals surface area contributed by atoms with Crippen molar-refractivity contribution in [1.29, 1.82) is 0 Å². The van der Waals surface area contributed by atoms with E-state index < -0.39 is 17.4 Å². The predicted molar refractivity (Wildman–Crippen MR) is 204 cm³/mol. The number of aliphatic hydroxyl groups excluding tert-OH is 1. The summed E-state index contributed by atoms with van der Waals surface area (Å²) < 4.78 is 11.8. The number of hydrogen-bond acceptors (Lipinski definition) is 8. The number of piperazine rings is 1. The zero-order valence-corrected chi connectivity index (χ0v) is 32.2. The summed E-state index contributed by atoms with van der Waals surface area (Å²) in [6.45, 7) is 18.5. The van der Waals surface area contributed by atoms with Crippen LogP contribution in [-0.2, 0) is 26.0 Å². The molecule has 1 unspecified atom stereocenters. The van der Waals surface area contributed by atoms with Gasteiger partial charge < -0.3 is 24.4 Å². The predicted octanol–water partition coefficient (Wildman–Crippen LogP) is 6.33. The molecule has 1 N–H and O–H groups in total. The minimum absolute atomic E-state index is 0.0977. The fraction of sp³-hybridized carbons (Fsp3) is 0.500. The Morgan fingerprint density at radius 1 is 0.902 bits per heavy atom. The summed E-state index contributed by atoms with van der Waals surface area (Å²) >= 11 is 12.9. The maximum Gasteiger partial charge on any atom is 0.236 e. The molecular formula is C40H51Cl2N5O4. The van der Waals surface area contributed by atoms with Crippen LogP contribution in [0.3, 0.4) is 0 Å². The second kappa shape index (κ2) is 15.0. The first-order chi connectivity index (χ1) is 24.3. The maximum atomic E-state index is 13.1. The van der Waals surface area contributed by atoms with E-state index in [1.807, 2.05) is 60.4 Å². The van der Waals surface area contributed by atoms with Crippen molar-refractivity contribution in [1.82, 2.24) is 19.6 Å². The summed E-state index contributed by atoms with van der Waals surface area (Å²) in [4.78, 5) is 26.9. The van der Waals surface area contributed by atoms with Crippen LogP contribution in [0.25, 0.3) is 0 Å². The van der Waals surface area contributed by atoms with E-state index in [2.05, 4.69) is 67.5 Å². The number of aliphatic imine (C=N–C) groups is 1. The molecule has 1 amide bonds. The van der Waals surface area contributed by atoms with E-state index in [0.717, 1.165) is 22.3 Å². The number of aliphatic hydroxyl groups is 1. The molecular weight excluding hydrogens is 685 g/mol. The highest BCUT2D eigenvalue weighted by molar-refractivity contribution is 6.30. The molecule has 0 bridgehead atoms. The molecule has 6 rings (SSSR count). The first kappa shape index (κ1) is 37.6. The zero-order chi connectivity index (χ0) is 36.6. The minimum Gasteiger partial charge on any atom is -0.493 e. The molecule has 0 aromatic heterocycles. The summed E-state index contributed by atoms with van der Waals surface area (Å²) in [5, 5.41) is 14.0. The molecule has 0 aliphatic carbocycles. The van der Waals surface area contributed by atoms with Crippen LogP contribution in [0.15, 0.2) is 71.7 Å². The minimum atomic E-state index is -1.06. The Balaban J connectivity index is 1.43. The molecule has 2 fully saturated rings. The van der Waals surface area contributed by atoms with Crippen LogP contribution < -0.4 is 4.74 Å². The van der Waals surface area contributed by atoms with E-state index in [4.69, 9.17) is 37.7 Å². The first-order valence-corrected chi connectivity index (χ1v) is 18.7. The number of halogens is 2. The summed E-state index contributed by atoms with van der Waals surface area (Å²) in [7, 11) is 0. The molecule has 2 saturated heterocycles. The Morgan fingerprint density at radius 3 is 2.06 bits per heavy atom. The Bertz CT molecular complexity index is 1720. The molecule has 51 heavy (non-hydrogen) atoms. The zero-order valence-electron chi connectivity index (χ0n) is 30.7. The molecule has 0 radical (unpaired) electrons. The van der Waals surface area contributed by atoms with E-state index in [1.165, 1.54) is 0 Å². The lowest BCUT2D eigenvalue weighted by Crippen LogP contribution is -2.63. The number of amidine groups is 1. The number of morpholine rings is 1. The number of amides is 1. The quantitative estimate of drug-likeness (QED) is 0.275. The Morgan fingerprint density at radius 2 is 1.49 bits per heavy atom. The van der Waals surface area contributed by atoms with Gasteiger partial charge in [0.15, 0.2) is 6.35 Å². The lowest BCUT2D eigenvalue weighted by atomic mass is 9.71. The molecule has 0 saturated carbocycles. The van der Waals surface area contributed by atoms with Crippen LogP contribution in [-0.4, -0.2) is 108 Å². The molecule has 3 heterocycles. The van der Waals surface area contributed by atoms with Crippen LogP contribution >= 0.6 is 23.2 Å². The summed E-state index contributed by atoms with van der Waals surface area (Å²) in [5.74, 6) is 1.47. The fourth-order valence-corrected chi connectivity index (χ4v) is 7.79. The third-order valence-corrected chi connectivity index (χ3v) is 11.4. The number of carbonyl (C=O) groups is 1. The van der Waals surface area contributed by atoms with Gasteiger partial charge in [-0.3, -0.25) is 19.6 Å². The molecule has 11 heteroatoms. The average Bonchev–Trinajstić information content (AvgIpc) is 3.36. The van der Waals surface area contributed by atoms with E-state index in [1.54, 1.807) is 0 Å². The number of ether oxygens (including phenoxy) is 2. The van der Waals surface area contributed by atoms with Crippen molar-refractivity contribution in [3.05, 3.63) is 99.0 Å². The highest BCUT2D eigenvalue weighted by atomic mass is 35.5. The molecule has 9 nitrogen and oxygen atoms in total.